The molecule has 0 bridgehead atoms. The maximum atomic E-state index is 11.5. The molecule has 0 aromatic heterocycles. The minimum absolute atomic E-state index is 0.0144. The van der Waals surface area contributed by atoms with E-state index < -0.39 is 12.1 Å². The van der Waals surface area contributed by atoms with Gasteiger partial charge in [-0.2, -0.15) is 0 Å². The van der Waals surface area contributed by atoms with Gasteiger partial charge in [-0.05, 0) is 32.0 Å². The van der Waals surface area contributed by atoms with Crippen molar-refractivity contribution in [3.63, 3.8) is 0 Å². The van der Waals surface area contributed by atoms with Gasteiger partial charge in [-0.3, -0.25) is 4.79 Å². The van der Waals surface area contributed by atoms with Crippen molar-refractivity contribution in [2.75, 3.05) is 6.54 Å². The average Bonchev–Trinajstić information content (AvgIpc) is 2.31. The Kier molecular flexibility index (Phi) is 5.15. The Hall–Kier alpha value is -1.56. The molecule has 1 unspecified atom stereocenters. The maximum absolute atomic E-state index is 11.5. The van der Waals surface area contributed by atoms with Crippen LogP contribution in [0, 0.1) is 0 Å². The van der Waals surface area contributed by atoms with E-state index in [1.54, 1.807) is 19.9 Å². The summed E-state index contributed by atoms with van der Waals surface area (Å²) in [5.41, 5.74) is 0.0144. The number of carbonyl (C=O) groups is 2. The fourth-order valence-corrected chi connectivity index (χ4v) is 1.70. The van der Waals surface area contributed by atoms with Crippen LogP contribution in [0.25, 0.3) is 0 Å². The molecule has 0 radical (unpaired) electrons. The standard InChI is InChI=1S/C12H14BrNO4/c1-3-14-11(15)7(2)18-10-5-4-8(13)6-9(10)12(16)17/h4-7H,3H2,1-2H3,(H,14,15)(H,16,17). The van der Waals surface area contributed by atoms with Crippen LogP contribution in [0.2, 0.25) is 0 Å². The average molecular weight is 316 g/mol. The summed E-state index contributed by atoms with van der Waals surface area (Å²) in [6.45, 7) is 3.87. The van der Waals surface area contributed by atoms with Gasteiger partial charge in [-0.25, -0.2) is 4.79 Å². The third-order valence-electron chi connectivity index (χ3n) is 2.20. The molecule has 0 aliphatic heterocycles. The first-order chi connectivity index (χ1) is 8.45. The Balaban J connectivity index is 2.90. The number of benzene rings is 1. The number of hydrogen-bond acceptors (Lipinski definition) is 3. The number of carboxylic acids is 1. The van der Waals surface area contributed by atoms with E-state index in [1.165, 1.54) is 12.1 Å². The molecule has 5 nitrogen and oxygen atoms in total. The summed E-state index contributed by atoms with van der Waals surface area (Å²) in [7, 11) is 0. The smallest absolute Gasteiger partial charge is 0.339 e. The Morgan fingerprint density at radius 2 is 2.17 bits per heavy atom. The zero-order chi connectivity index (χ0) is 13.7. The molecular formula is C12H14BrNO4. The highest BCUT2D eigenvalue weighted by Crippen LogP contribution is 2.24. The van der Waals surface area contributed by atoms with Crippen molar-refractivity contribution in [2.45, 2.75) is 20.0 Å². The minimum Gasteiger partial charge on any atom is -0.480 e. The molecule has 6 heteroatoms. The Morgan fingerprint density at radius 1 is 1.50 bits per heavy atom. The van der Waals surface area contributed by atoms with Gasteiger partial charge in [-0.1, -0.05) is 15.9 Å². The number of rotatable bonds is 5. The summed E-state index contributed by atoms with van der Waals surface area (Å²) in [5, 5.41) is 11.6. The van der Waals surface area contributed by atoms with Gasteiger partial charge in [0.15, 0.2) is 6.10 Å². The molecular weight excluding hydrogens is 302 g/mol. The van der Waals surface area contributed by atoms with E-state index in [0.717, 1.165) is 0 Å². The zero-order valence-corrected chi connectivity index (χ0v) is 11.7. The summed E-state index contributed by atoms with van der Waals surface area (Å²) >= 11 is 3.19. The van der Waals surface area contributed by atoms with E-state index in [-0.39, 0.29) is 17.2 Å². The van der Waals surface area contributed by atoms with Crippen LogP contribution in [0.15, 0.2) is 22.7 Å². The van der Waals surface area contributed by atoms with Gasteiger partial charge < -0.3 is 15.2 Å². The fourth-order valence-electron chi connectivity index (χ4n) is 1.33. The molecule has 0 heterocycles. The molecule has 0 aliphatic carbocycles. The van der Waals surface area contributed by atoms with Crippen molar-refractivity contribution >= 4 is 27.8 Å². The van der Waals surface area contributed by atoms with E-state index >= 15 is 0 Å². The quantitative estimate of drug-likeness (QED) is 0.872. The lowest BCUT2D eigenvalue weighted by molar-refractivity contribution is -0.127. The van der Waals surface area contributed by atoms with E-state index in [1.807, 2.05) is 0 Å². The summed E-state index contributed by atoms with van der Waals surface area (Å²) in [4.78, 5) is 22.6. The molecule has 1 rings (SSSR count). The maximum Gasteiger partial charge on any atom is 0.339 e. The van der Waals surface area contributed by atoms with Gasteiger partial charge in [-0.15, -0.1) is 0 Å². The van der Waals surface area contributed by atoms with E-state index in [2.05, 4.69) is 21.2 Å². The highest BCUT2D eigenvalue weighted by molar-refractivity contribution is 9.10. The second kappa shape index (κ2) is 6.39. The van der Waals surface area contributed by atoms with Crippen molar-refractivity contribution in [3.05, 3.63) is 28.2 Å². The lowest BCUT2D eigenvalue weighted by Crippen LogP contribution is -2.36. The molecule has 18 heavy (non-hydrogen) atoms. The first kappa shape index (κ1) is 14.5. The minimum atomic E-state index is -1.10. The van der Waals surface area contributed by atoms with Crippen molar-refractivity contribution in [3.8, 4) is 5.75 Å². The van der Waals surface area contributed by atoms with Gasteiger partial charge in [0.25, 0.3) is 5.91 Å². The van der Waals surface area contributed by atoms with Crippen LogP contribution in [0.1, 0.15) is 24.2 Å². The van der Waals surface area contributed by atoms with Gasteiger partial charge in [0.2, 0.25) is 0 Å². The summed E-state index contributed by atoms with van der Waals surface area (Å²) < 4.78 is 6.00. The van der Waals surface area contributed by atoms with Crippen LogP contribution in [0.4, 0.5) is 0 Å². The van der Waals surface area contributed by atoms with Crippen LogP contribution in [-0.4, -0.2) is 29.6 Å². The highest BCUT2D eigenvalue weighted by atomic mass is 79.9. The Bertz CT molecular complexity index is 461. The number of hydrogen-bond donors (Lipinski definition) is 2. The lowest BCUT2D eigenvalue weighted by Gasteiger charge is -2.15. The molecule has 2 N–H and O–H groups in total. The third-order valence-corrected chi connectivity index (χ3v) is 2.69. The molecule has 1 atom stereocenters. The number of nitrogens with one attached hydrogen (secondary N) is 1. The van der Waals surface area contributed by atoms with Crippen LogP contribution >= 0.6 is 15.9 Å². The molecule has 98 valence electrons. The number of likely N-dealkylation sites (N-methyl/N-ethyl adjacent to an activating group) is 1. The van der Waals surface area contributed by atoms with Crippen LogP contribution in [-0.2, 0) is 4.79 Å². The monoisotopic (exact) mass is 315 g/mol. The van der Waals surface area contributed by atoms with E-state index in [0.29, 0.717) is 11.0 Å². The molecule has 0 fully saturated rings. The lowest BCUT2D eigenvalue weighted by atomic mass is 10.2. The normalized spacial score (nSPS) is 11.7. The van der Waals surface area contributed by atoms with Gasteiger partial charge in [0.1, 0.15) is 11.3 Å². The number of amides is 1. The van der Waals surface area contributed by atoms with Crippen LogP contribution in [0.3, 0.4) is 0 Å². The topological polar surface area (TPSA) is 75.6 Å². The number of carbonyl (C=O) groups excluding carboxylic acids is 1. The van der Waals surface area contributed by atoms with Crippen molar-refractivity contribution in [1.82, 2.24) is 5.32 Å². The highest BCUT2D eigenvalue weighted by Gasteiger charge is 2.18. The van der Waals surface area contributed by atoms with Crippen molar-refractivity contribution < 1.29 is 19.4 Å². The van der Waals surface area contributed by atoms with E-state index in [4.69, 9.17) is 9.84 Å². The van der Waals surface area contributed by atoms with Gasteiger partial charge in [0, 0.05) is 11.0 Å². The van der Waals surface area contributed by atoms with Crippen molar-refractivity contribution in [2.24, 2.45) is 0 Å². The third kappa shape index (κ3) is 3.73. The number of aromatic carboxylic acids is 1. The zero-order valence-electron chi connectivity index (χ0n) is 10.1. The molecule has 0 saturated heterocycles. The van der Waals surface area contributed by atoms with Gasteiger partial charge in [0.05, 0.1) is 0 Å². The number of halogens is 1. The second-order valence-electron chi connectivity index (χ2n) is 3.60. The molecule has 1 aromatic carbocycles. The van der Waals surface area contributed by atoms with E-state index in [9.17, 15) is 9.59 Å². The predicted molar refractivity (Wildman–Crippen MR) is 69.9 cm³/mol. The molecule has 0 saturated carbocycles. The molecule has 1 aromatic rings. The molecule has 0 aliphatic rings. The first-order valence-corrected chi connectivity index (χ1v) is 6.22. The predicted octanol–water partition coefficient (Wildman–Crippen LogP) is 2.05. The summed E-state index contributed by atoms with van der Waals surface area (Å²) in [6.07, 6.45) is -0.746. The molecule has 0 spiro atoms. The number of carboxylic acid groups (broad SMARTS) is 1. The van der Waals surface area contributed by atoms with Crippen molar-refractivity contribution in [1.29, 1.82) is 0 Å². The van der Waals surface area contributed by atoms with Gasteiger partial charge >= 0.3 is 5.97 Å². The largest absolute Gasteiger partial charge is 0.480 e. The Morgan fingerprint density at radius 3 is 2.72 bits per heavy atom. The second-order valence-corrected chi connectivity index (χ2v) is 4.52. The SMILES string of the molecule is CCNC(=O)C(C)Oc1ccc(Br)cc1C(=O)O. The first-order valence-electron chi connectivity index (χ1n) is 5.43. The molecule has 1 amide bonds. The number of ether oxygens (including phenoxy) is 1. The van der Waals surface area contributed by atoms with Crippen LogP contribution < -0.4 is 10.1 Å². The Labute approximate surface area is 113 Å². The van der Waals surface area contributed by atoms with Crippen LogP contribution in [0.5, 0.6) is 5.75 Å². The summed E-state index contributed by atoms with van der Waals surface area (Å²) in [5.74, 6) is -1.21. The fraction of sp³-hybridized carbons (Fsp3) is 0.333. The summed E-state index contributed by atoms with van der Waals surface area (Å²) in [6, 6.07) is 4.61.